The number of benzene rings is 2. The van der Waals surface area contributed by atoms with Gasteiger partial charge in [-0.05, 0) is 48.4 Å². The van der Waals surface area contributed by atoms with Crippen molar-refractivity contribution in [1.29, 1.82) is 0 Å². The molecule has 0 amide bonds. The summed E-state index contributed by atoms with van der Waals surface area (Å²) in [6.07, 6.45) is 4.92. The second-order valence-corrected chi connectivity index (χ2v) is 9.12. The number of carbonyl (C=O) groups is 1. The quantitative estimate of drug-likeness (QED) is 0.284. The van der Waals surface area contributed by atoms with Gasteiger partial charge in [0.25, 0.3) is 0 Å². The Kier molecular flexibility index (Phi) is 9.64. The third-order valence-electron chi connectivity index (χ3n) is 6.12. The van der Waals surface area contributed by atoms with E-state index in [0.717, 1.165) is 55.2 Å². The molecule has 8 nitrogen and oxygen atoms in total. The molecule has 1 fully saturated rings. The van der Waals surface area contributed by atoms with Gasteiger partial charge in [0.1, 0.15) is 11.6 Å². The maximum atomic E-state index is 13.6. The molecule has 1 aromatic heterocycles. The van der Waals surface area contributed by atoms with Crippen molar-refractivity contribution < 1.29 is 18.7 Å². The lowest BCUT2D eigenvalue weighted by Crippen LogP contribution is -2.47. The van der Waals surface area contributed by atoms with E-state index < -0.39 is 5.82 Å². The summed E-state index contributed by atoms with van der Waals surface area (Å²) >= 11 is 5.95. The van der Waals surface area contributed by atoms with E-state index in [9.17, 15) is 9.18 Å². The van der Waals surface area contributed by atoms with E-state index >= 15 is 0 Å². The van der Waals surface area contributed by atoms with Crippen LogP contribution >= 0.6 is 11.6 Å². The Morgan fingerprint density at radius 1 is 1.18 bits per heavy atom. The van der Waals surface area contributed by atoms with Gasteiger partial charge in [-0.2, -0.15) is 4.98 Å². The van der Waals surface area contributed by atoms with Crippen molar-refractivity contribution in [3.63, 3.8) is 0 Å². The topological polar surface area (TPSA) is 79.8 Å². The normalized spacial score (nSPS) is 14.2. The highest BCUT2D eigenvalue weighted by atomic mass is 35.5. The molecule has 2 aromatic carbocycles. The van der Waals surface area contributed by atoms with Crippen LogP contribution < -0.4 is 10.2 Å². The number of nitrogens with zero attached hydrogens (tertiary/aromatic N) is 4. The van der Waals surface area contributed by atoms with Crippen molar-refractivity contribution in [2.45, 2.75) is 6.92 Å². The number of carbonyl (C=O) groups excluding carboxylic acids is 1. The van der Waals surface area contributed by atoms with E-state index in [0.29, 0.717) is 24.8 Å². The summed E-state index contributed by atoms with van der Waals surface area (Å²) in [5.41, 5.74) is 3.23. The Labute approximate surface area is 227 Å². The minimum absolute atomic E-state index is 0.0201. The third kappa shape index (κ3) is 7.28. The van der Waals surface area contributed by atoms with Gasteiger partial charge in [0, 0.05) is 63.4 Å². The molecule has 3 aromatic rings. The van der Waals surface area contributed by atoms with Gasteiger partial charge in [-0.15, -0.1) is 0 Å². The molecule has 1 saturated heterocycles. The summed E-state index contributed by atoms with van der Waals surface area (Å²) in [6, 6.07) is 12.2. The maximum absolute atomic E-state index is 13.6. The summed E-state index contributed by atoms with van der Waals surface area (Å²) in [5.74, 6) is 0.294. The summed E-state index contributed by atoms with van der Waals surface area (Å²) in [5, 5.41) is 3.15. The second kappa shape index (κ2) is 13.3. The number of esters is 1. The van der Waals surface area contributed by atoms with Gasteiger partial charge in [0.05, 0.1) is 18.2 Å². The van der Waals surface area contributed by atoms with Crippen LogP contribution in [-0.2, 0) is 14.3 Å². The van der Waals surface area contributed by atoms with Crippen LogP contribution in [0.3, 0.4) is 0 Å². The summed E-state index contributed by atoms with van der Waals surface area (Å²) < 4.78 is 23.8. The lowest BCUT2D eigenvalue weighted by Gasteiger charge is -2.36. The van der Waals surface area contributed by atoms with Gasteiger partial charge in [-0.3, -0.25) is 4.90 Å². The van der Waals surface area contributed by atoms with Crippen LogP contribution in [-0.4, -0.2) is 73.9 Å². The van der Waals surface area contributed by atoms with Crippen LogP contribution in [0.15, 0.2) is 54.7 Å². The molecular formula is C28H31ClFN5O3. The fourth-order valence-corrected chi connectivity index (χ4v) is 4.33. The summed E-state index contributed by atoms with van der Waals surface area (Å²) in [7, 11) is 1.71. The molecule has 0 bridgehead atoms. The standard InChI is InChI=1S/C28H31ClFN5O3/c1-3-38-26(36)10-7-20-5-4-6-21(17-20)23-19-31-28(32-22-8-9-25(30)24(29)18-22)33-27(23)35-13-11-34(12-14-35)15-16-37-2/h4-10,17-19H,3,11-16H2,1-2H3,(H,31,32,33). The molecule has 0 unspecified atom stereocenters. The van der Waals surface area contributed by atoms with Gasteiger partial charge >= 0.3 is 5.97 Å². The number of piperazine rings is 1. The van der Waals surface area contributed by atoms with Crippen LogP contribution in [0.25, 0.3) is 17.2 Å². The van der Waals surface area contributed by atoms with Crippen molar-refractivity contribution in [1.82, 2.24) is 14.9 Å². The zero-order valence-corrected chi connectivity index (χ0v) is 22.2. The smallest absolute Gasteiger partial charge is 0.330 e. The van der Waals surface area contributed by atoms with E-state index in [1.165, 1.54) is 18.2 Å². The Balaban J connectivity index is 1.64. The number of methoxy groups -OCH3 is 1. The molecule has 10 heteroatoms. The molecule has 0 spiro atoms. The van der Waals surface area contributed by atoms with Crippen LogP contribution in [0.1, 0.15) is 12.5 Å². The number of aromatic nitrogens is 2. The lowest BCUT2D eigenvalue weighted by molar-refractivity contribution is -0.137. The molecule has 200 valence electrons. The van der Waals surface area contributed by atoms with Crippen molar-refractivity contribution >= 4 is 41.1 Å². The molecule has 2 heterocycles. The molecule has 1 N–H and O–H groups in total. The van der Waals surface area contributed by atoms with E-state index in [2.05, 4.69) is 20.1 Å². The first kappa shape index (κ1) is 27.5. The highest BCUT2D eigenvalue weighted by Crippen LogP contribution is 2.32. The van der Waals surface area contributed by atoms with E-state index in [1.54, 1.807) is 32.4 Å². The number of rotatable bonds is 10. The SMILES string of the molecule is CCOC(=O)C=Cc1cccc(-c2cnc(Nc3ccc(F)c(Cl)c3)nc2N2CCN(CCOC)CC2)c1. The van der Waals surface area contributed by atoms with Crippen LogP contribution in [0, 0.1) is 5.82 Å². The highest BCUT2D eigenvalue weighted by Gasteiger charge is 2.22. The monoisotopic (exact) mass is 539 g/mol. The Morgan fingerprint density at radius 3 is 2.74 bits per heavy atom. The molecule has 1 aliphatic heterocycles. The van der Waals surface area contributed by atoms with Crippen molar-refractivity contribution in [3.05, 3.63) is 71.1 Å². The zero-order valence-electron chi connectivity index (χ0n) is 21.5. The molecular weight excluding hydrogens is 509 g/mol. The third-order valence-corrected chi connectivity index (χ3v) is 6.41. The van der Waals surface area contributed by atoms with E-state index in [4.69, 9.17) is 26.1 Å². The van der Waals surface area contributed by atoms with Crippen molar-refractivity contribution in [2.75, 3.05) is 63.3 Å². The summed E-state index contributed by atoms with van der Waals surface area (Å²) in [6.45, 7) is 7.02. The second-order valence-electron chi connectivity index (χ2n) is 8.72. The minimum atomic E-state index is -0.489. The molecule has 0 radical (unpaired) electrons. The van der Waals surface area contributed by atoms with E-state index in [-0.39, 0.29) is 11.0 Å². The summed E-state index contributed by atoms with van der Waals surface area (Å²) in [4.78, 5) is 25.8. The van der Waals surface area contributed by atoms with E-state index in [1.807, 2.05) is 24.3 Å². The fourth-order valence-electron chi connectivity index (χ4n) is 4.15. The average molecular weight is 540 g/mol. The first-order chi connectivity index (χ1) is 18.5. The predicted molar refractivity (Wildman–Crippen MR) is 148 cm³/mol. The predicted octanol–water partition coefficient (Wildman–Crippen LogP) is 5.02. The number of halogens is 2. The minimum Gasteiger partial charge on any atom is -0.463 e. The van der Waals surface area contributed by atoms with Gasteiger partial charge < -0.3 is 19.7 Å². The fraction of sp³-hybridized carbons (Fsp3) is 0.321. The molecule has 1 aliphatic rings. The van der Waals surface area contributed by atoms with Gasteiger partial charge in [0.2, 0.25) is 5.95 Å². The highest BCUT2D eigenvalue weighted by molar-refractivity contribution is 6.31. The van der Waals surface area contributed by atoms with Crippen LogP contribution in [0.4, 0.5) is 21.8 Å². The Hall–Kier alpha value is -3.53. The van der Waals surface area contributed by atoms with Crippen LogP contribution in [0.2, 0.25) is 5.02 Å². The Morgan fingerprint density at radius 2 is 2.00 bits per heavy atom. The zero-order chi connectivity index (χ0) is 26.9. The molecule has 0 atom stereocenters. The van der Waals surface area contributed by atoms with Gasteiger partial charge in [-0.25, -0.2) is 14.2 Å². The number of hydrogen-bond donors (Lipinski definition) is 1. The molecule has 38 heavy (non-hydrogen) atoms. The first-order valence-electron chi connectivity index (χ1n) is 12.5. The molecule has 0 aliphatic carbocycles. The molecule has 4 rings (SSSR count). The number of hydrogen-bond acceptors (Lipinski definition) is 8. The number of ether oxygens (including phenoxy) is 2. The first-order valence-corrected chi connectivity index (χ1v) is 12.8. The molecule has 0 saturated carbocycles. The lowest BCUT2D eigenvalue weighted by atomic mass is 10.0. The maximum Gasteiger partial charge on any atom is 0.330 e. The van der Waals surface area contributed by atoms with Crippen molar-refractivity contribution in [2.24, 2.45) is 0 Å². The van der Waals surface area contributed by atoms with Gasteiger partial charge in [-0.1, -0.05) is 29.8 Å². The Bertz CT molecular complexity index is 1280. The number of anilines is 3. The number of nitrogens with one attached hydrogen (secondary N) is 1. The largest absolute Gasteiger partial charge is 0.463 e. The van der Waals surface area contributed by atoms with Crippen LogP contribution in [0.5, 0.6) is 0 Å². The van der Waals surface area contributed by atoms with Gasteiger partial charge in [0.15, 0.2) is 0 Å². The average Bonchev–Trinajstić information content (AvgIpc) is 2.93. The van der Waals surface area contributed by atoms with Crippen molar-refractivity contribution in [3.8, 4) is 11.1 Å².